The summed E-state index contributed by atoms with van der Waals surface area (Å²) in [5.41, 5.74) is 2.53. The van der Waals surface area contributed by atoms with Crippen LogP contribution in [0.2, 0.25) is 0 Å². The molecular formula is C26H24N2O5. The minimum Gasteiger partial charge on any atom is -0.497 e. The summed E-state index contributed by atoms with van der Waals surface area (Å²) in [7, 11) is 3.18. The van der Waals surface area contributed by atoms with Gasteiger partial charge in [0.05, 0.1) is 30.5 Å². The van der Waals surface area contributed by atoms with Gasteiger partial charge in [0.15, 0.2) is 6.61 Å². The molecule has 0 radical (unpaired) electrons. The van der Waals surface area contributed by atoms with E-state index in [4.69, 9.17) is 19.2 Å². The number of amides is 1. The van der Waals surface area contributed by atoms with Gasteiger partial charge in [0.1, 0.15) is 5.75 Å². The maximum atomic E-state index is 12.9. The van der Waals surface area contributed by atoms with Crippen LogP contribution in [0.1, 0.15) is 10.4 Å². The first-order chi connectivity index (χ1) is 16.1. The molecular weight excluding hydrogens is 420 g/mol. The fraction of sp³-hybridized carbons (Fsp3) is 0.192. The van der Waals surface area contributed by atoms with E-state index in [-0.39, 0.29) is 12.5 Å². The second-order valence-electron chi connectivity index (χ2n) is 7.42. The molecule has 0 fully saturated rings. The topological polar surface area (TPSA) is 86.8 Å². The number of pyridine rings is 1. The third kappa shape index (κ3) is 5.10. The first kappa shape index (κ1) is 22.2. The number of esters is 1. The molecule has 0 aliphatic carbocycles. The highest BCUT2D eigenvalue weighted by molar-refractivity contribution is 6.05. The van der Waals surface area contributed by atoms with E-state index < -0.39 is 5.97 Å². The highest BCUT2D eigenvalue weighted by Gasteiger charge is 2.17. The third-order valence-electron chi connectivity index (χ3n) is 5.24. The van der Waals surface area contributed by atoms with Crippen LogP contribution in [-0.2, 0) is 14.3 Å². The fourth-order valence-corrected chi connectivity index (χ4v) is 3.55. The molecule has 1 N–H and O–H groups in total. The molecule has 0 aliphatic rings. The lowest BCUT2D eigenvalue weighted by molar-refractivity contribution is -0.124. The summed E-state index contributed by atoms with van der Waals surface area (Å²) in [6.45, 7) is 0.367. The largest absolute Gasteiger partial charge is 0.497 e. The van der Waals surface area contributed by atoms with E-state index in [9.17, 15) is 9.59 Å². The van der Waals surface area contributed by atoms with E-state index in [1.54, 1.807) is 20.3 Å². The van der Waals surface area contributed by atoms with Gasteiger partial charge in [-0.2, -0.15) is 0 Å². The Kier molecular flexibility index (Phi) is 6.80. The van der Waals surface area contributed by atoms with Crippen LogP contribution in [0.15, 0.2) is 66.7 Å². The molecule has 7 heteroatoms. The number of rotatable bonds is 8. The Morgan fingerprint density at radius 2 is 1.73 bits per heavy atom. The molecule has 33 heavy (non-hydrogen) atoms. The van der Waals surface area contributed by atoms with E-state index in [0.717, 1.165) is 22.1 Å². The lowest BCUT2D eigenvalue weighted by Gasteiger charge is -2.11. The average molecular weight is 444 g/mol. The van der Waals surface area contributed by atoms with Gasteiger partial charge in [-0.15, -0.1) is 0 Å². The highest BCUT2D eigenvalue weighted by atomic mass is 16.5. The van der Waals surface area contributed by atoms with E-state index in [2.05, 4.69) is 5.32 Å². The van der Waals surface area contributed by atoms with Crippen LogP contribution < -0.4 is 10.1 Å². The van der Waals surface area contributed by atoms with Crippen molar-refractivity contribution < 1.29 is 23.8 Å². The van der Waals surface area contributed by atoms with Gasteiger partial charge < -0.3 is 19.5 Å². The summed E-state index contributed by atoms with van der Waals surface area (Å²) in [4.78, 5) is 29.6. The number of hydrogen-bond donors (Lipinski definition) is 1. The number of para-hydroxylation sites is 1. The summed E-state index contributed by atoms with van der Waals surface area (Å²) < 4.78 is 15.5. The minimum atomic E-state index is -0.581. The van der Waals surface area contributed by atoms with Crippen LogP contribution >= 0.6 is 0 Å². The van der Waals surface area contributed by atoms with Crippen LogP contribution in [-0.4, -0.2) is 50.8 Å². The summed E-state index contributed by atoms with van der Waals surface area (Å²) in [6.07, 6.45) is 0. The van der Waals surface area contributed by atoms with Crippen LogP contribution in [0.3, 0.4) is 0 Å². The van der Waals surface area contributed by atoms with Gasteiger partial charge in [0.2, 0.25) is 0 Å². The fourth-order valence-electron chi connectivity index (χ4n) is 3.55. The smallest absolute Gasteiger partial charge is 0.339 e. The Balaban J connectivity index is 1.65. The second-order valence-corrected chi connectivity index (χ2v) is 7.42. The molecule has 0 unspecified atom stereocenters. The molecule has 168 valence electrons. The molecule has 4 aromatic rings. The number of hydrogen-bond acceptors (Lipinski definition) is 6. The molecule has 0 saturated heterocycles. The number of carbonyl (C=O) groups excluding carboxylic acids is 2. The number of benzene rings is 3. The van der Waals surface area contributed by atoms with Gasteiger partial charge in [-0.3, -0.25) is 4.79 Å². The molecule has 0 spiro atoms. The van der Waals surface area contributed by atoms with Crippen molar-refractivity contribution in [3.8, 4) is 17.0 Å². The third-order valence-corrected chi connectivity index (χ3v) is 5.24. The maximum absolute atomic E-state index is 12.9. The number of methoxy groups -OCH3 is 2. The van der Waals surface area contributed by atoms with Crippen LogP contribution in [0, 0.1) is 0 Å². The molecule has 4 rings (SSSR count). The van der Waals surface area contributed by atoms with Gasteiger partial charge in [0.25, 0.3) is 5.91 Å². The maximum Gasteiger partial charge on any atom is 0.339 e. The number of ether oxygens (including phenoxy) is 3. The molecule has 3 aromatic carbocycles. The molecule has 0 atom stereocenters. The van der Waals surface area contributed by atoms with E-state index in [0.29, 0.717) is 35.3 Å². The van der Waals surface area contributed by atoms with E-state index in [1.165, 1.54) is 0 Å². The van der Waals surface area contributed by atoms with Crippen molar-refractivity contribution >= 4 is 33.6 Å². The zero-order valence-electron chi connectivity index (χ0n) is 18.5. The van der Waals surface area contributed by atoms with Gasteiger partial charge >= 0.3 is 5.97 Å². The standard InChI is InChI=1S/C26H24N2O5/c1-31-12-11-27-25(29)16-33-26(30)22-15-24(28-23-6-4-3-5-21(22)23)19-8-7-18-14-20(32-2)10-9-17(18)13-19/h3-10,13-15H,11-12,16H2,1-2H3,(H,27,29). The van der Waals surface area contributed by atoms with Crippen LogP contribution in [0.4, 0.5) is 0 Å². The first-order valence-electron chi connectivity index (χ1n) is 10.5. The quantitative estimate of drug-likeness (QED) is 0.327. The predicted octanol–water partition coefficient (Wildman–Crippen LogP) is 3.98. The van der Waals surface area contributed by atoms with Crippen molar-refractivity contribution in [2.24, 2.45) is 0 Å². The molecule has 0 bridgehead atoms. The van der Waals surface area contributed by atoms with Gasteiger partial charge in [-0.25, -0.2) is 9.78 Å². The molecule has 0 aliphatic heterocycles. The minimum absolute atomic E-state index is 0.350. The van der Waals surface area contributed by atoms with E-state index in [1.807, 2.05) is 60.7 Å². The van der Waals surface area contributed by atoms with Gasteiger partial charge in [-0.05, 0) is 41.1 Å². The Morgan fingerprint density at radius 1 is 0.939 bits per heavy atom. The zero-order valence-corrected chi connectivity index (χ0v) is 18.5. The van der Waals surface area contributed by atoms with Crippen molar-refractivity contribution in [1.82, 2.24) is 10.3 Å². The van der Waals surface area contributed by atoms with Crippen LogP contribution in [0.25, 0.3) is 32.9 Å². The number of fused-ring (bicyclic) bond motifs is 2. The van der Waals surface area contributed by atoms with Crippen molar-refractivity contribution in [2.45, 2.75) is 0 Å². The van der Waals surface area contributed by atoms with Crippen molar-refractivity contribution in [3.63, 3.8) is 0 Å². The number of carbonyl (C=O) groups is 2. The molecule has 1 aromatic heterocycles. The highest BCUT2D eigenvalue weighted by Crippen LogP contribution is 2.29. The normalized spacial score (nSPS) is 10.8. The van der Waals surface area contributed by atoms with Gasteiger partial charge in [0, 0.05) is 24.6 Å². The second kappa shape index (κ2) is 10.1. The Hall–Kier alpha value is -3.97. The Labute approximate surface area is 191 Å². The first-order valence-corrected chi connectivity index (χ1v) is 10.5. The lowest BCUT2D eigenvalue weighted by atomic mass is 10.0. The Morgan fingerprint density at radius 3 is 2.55 bits per heavy atom. The molecule has 1 amide bonds. The predicted molar refractivity (Wildman–Crippen MR) is 126 cm³/mol. The summed E-state index contributed by atoms with van der Waals surface area (Å²) in [6, 6.07) is 20.9. The number of nitrogens with one attached hydrogen (secondary N) is 1. The van der Waals surface area contributed by atoms with Gasteiger partial charge in [-0.1, -0.05) is 36.4 Å². The summed E-state index contributed by atoms with van der Waals surface area (Å²) in [5.74, 6) is -0.179. The summed E-state index contributed by atoms with van der Waals surface area (Å²) in [5, 5.41) is 5.36. The SMILES string of the molecule is COCCNC(=O)COC(=O)c1cc(-c2ccc3cc(OC)ccc3c2)nc2ccccc12. The lowest BCUT2D eigenvalue weighted by Crippen LogP contribution is -2.31. The molecule has 0 saturated carbocycles. The summed E-state index contributed by atoms with van der Waals surface area (Å²) >= 11 is 0. The van der Waals surface area contributed by atoms with Crippen molar-refractivity contribution in [1.29, 1.82) is 0 Å². The zero-order chi connectivity index (χ0) is 23.2. The molecule has 1 heterocycles. The monoisotopic (exact) mass is 444 g/mol. The average Bonchev–Trinajstić information content (AvgIpc) is 2.86. The molecule has 7 nitrogen and oxygen atoms in total. The van der Waals surface area contributed by atoms with Crippen LogP contribution in [0.5, 0.6) is 5.75 Å². The number of aromatic nitrogens is 1. The van der Waals surface area contributed by atoms with E-state index >= 15 is 0 Å². The van der Waals surface area contributed by atoms with Crippen molar-refractivity contribution in [3.05, 3.63) is 72.3 Å². The van der Waals surface area contributed by atoms with Crippen molar-refractivity contribution in [2.75, 3.05) is 34.0 Å². The Bertz CT molecular complexity index is 1320. The number of nitrogens with zero attached hydrogens (tertiary/aromatic N) is 1.